The van der Waals surface area contributed by atoms with Crippen LogP contribution in [0.2, 0.25) is 0 Å². The molecule has 0 amide bonds. The van der Waals surface area contributed by atoms with Crippen LogP contribution < -0.4 is 0 Å². The van der Waals surface area contributed by atoms with Crippen molar-refractivity contribution in [3.63, 3.8) is 0 Å². The Hall–Kier alpha value is -3.89. The van der Waals surface area contributed by atoms with E-state index in [9.17, 15) is 0 Å². The maximum absolute atomic E-state index is 7.28. The Kier molecular flexibility index (Phi) is 6.55. The van der Waals surface area contributed by atoms with Gasteiger partial charge in [0.2, 0.25) is 0 Å². The first-order chi connectivity index (χ1) is 21.9. The third kappa shape index (κ3) is 5.80. The molecule has 0 fully saturated rings. The first-order valence-corrected chi connectivity index (χ1v) is 13.7. The Morgan fingerprint density at radius 1 is 0.780 bits per heavy atom. The van der Waals surface area contributed by atoms with Crippen LogP contribution in [0.25, 0.3) is 48.8 Å². The Morgan fingerprint density at radius 3 is 2.24 bits per heavy atom. The number of rotatable bonds is 3. The van der Waals surface area contributed by atoms with Gasteiger partial charge in [0.25, 0.3) is 0 Å². The molecule has 3 nitrogen and oxygen atoms in total. The molecule has 7 aromatic rings. The number of pyridine rings is 1. The largest absolute Gasteiger partial charge is 0.331 e. The van der Waals surface area contributed by atoms with Crippen molar-refractivity contribution in [2.75, 3.05) is 0 Å². The number of aryl methyl sites for hydroxylation is 4. The zero-order valence-corrected chi connectivity index (χ0v) is 25.6. The van der Waals surface area contributed by atoms with Crippen LogP contribution in [0.15, 0.2) is 103 Å². The molecule has 3 heterocycles. The molecule has 0 spiro atoms. The van der Waals surface area contributed by atoms with Gasteiger partial charge < -0.3 is 9.55 Å². The summed E-state index contributed by atoms with van der Waals surface area (Å²) in [6.45, 7) is -0.00361. The number of nitrogens with zero attached hydrogens (tertiary/aromatic N) is 3. The molecule has 0 N–H and O–H groups in total. The zero-order valence-electron chi connectivity index (χ0n) is 28.4. The van der Waals surface area contributed by atoms with E-state index in [0.29, 0.717) is 11.3 Å². The molecule has 0 aliphatic rings. The molecule has 0 saturated heterocycles. The summed E-state index contributed by atoms with van der Waals surface area (Å²) in [6, 6.07) is 36.9. The molecular weight excluding hydrogens is 699 g/mol. The molecular formula is C36H29IrN3S-2. The van der Waals surface area contributed by atoms with Gasteiger partial charge in [-0.15, -0.1) is 82.6 Å². The van der Waals surface area contributed by atoms with Gasteiger partial charge in [-0.25, -0.2) is 0 Å². The fraction of sp³-hybridized carbons (Fsp3) is 0.111. The molecule has 4 aromatic carbocycles. The van der Waals surface area contributed by atoms with Crippen molar-refractivity contribution in [1.29, 1.82) is 0 Å². The van der Waals surface area contributed by atoms with Crippen LogP contribution in [0, 0.1) is 39.7 Å². The Balaban J connectivity index is 0.000000188. The minimum absolute atomic E-state index is 0. The van der Waals surface area contributed by atoms with Crippen molar-refractivity contribution < 1.29 is 28.3 Å². The first kappa shape index (κ1) is 21.8. The maximum atomic E-state index is 7.28. The van der Waals surface area contributed by atoms with Gasteiger partial charge in [0.1, 0.15) is 4.83 Å². The minimum atomic E-state index is -2.18. The van der Waals surface area contributed by atoms with Crippen molar-refractivity contribution in [2.45, 2.75) is 27.6 Å². The van der Waals surface area contributed by atoms with Crippen LogP contribution in [0.1, 0.15) is 30.5 Å². The van der Waals surface area contributed by atoms with Gasteiger partial charge in [-0.2, -0.15) is 0 Å². The van der Waals surface area contributed by atoms with E-state index in [1.54, 1.807) is 23.5 Å². The predicted molar refractivity (Wildman–Crippen MR) is 168 cm³/mol. The quantitative estimate of drug-likeness (QED) is 0.170. The van der Waals surface area contributed by atoms with Crippen molar-refractivity contribution in [2.24, 2.45) is 0 Å². The maximum Gasteiger partial charge on any atom is 0.132 e. The minimum Gasteiger partial charge on any atom is -0.331 e. The summed E-state index contributed by atoms with van der Waals surface area (Å²) < 4.78 is 47.2. The molecule has 41 heavy (non-hydrogen) atoms. The second-order valence-electron chi connectivity index (χ2n) is 9.46. The van der Waals surface area contributed by atoms with Gasteiger partial charge in [-0.05, 0) is 49.2 Å². The number of para-hydroxylation sites is 1. The molecule has 5 heteroatoms. The molecule has 205 valence electrons. The summed E-state index contributed by atoms with van der Waals surface area (Å²) in [5, 5.41) is 1.25. The molecule has 0 saturated carbocycles. The van der Waals surface area contributed by atoms with E-state index in [1.165, 1.54) is 56.8 Å². The van der Waals surface area contributed by atoms with E-state index in [-0.39, 0.29) is 31.2 Å². The molecule has 0 unspecified atom stereocenters. The fourth-order valence-electron chi connectivity index (χ4n) is 4.79. The summed E-state index contributed by atoms with van der Waals surface area (Å²) in [7, 11) is 0. The van der Waals surface area contributed by atoms with Gasteiger partial charge in [-0.3, -0.25) is 4.98 Å². The number of thiophene rings is 1. The van der Waals surface area contributed by atoms with Gasteiger partial charge in [0.15, 0.2) is 0 Å². The number of hydrogen-bond acceptors (Lipinski definition) is 3. The monoisotopic (exact) mass is 734 g/mol. The van der Waals surface area contributed by atoms with Crippen molar-refractivity contribution in [3.05, 3.63) is 138 Å². The zero-order chi connectivity index (χ0) is 32.6. The van der Waals surface area contributed by atoms with E-state index in [4.69, 9.17) is 13.2 Å². The van der Waals surface area contributed by atoms with Crippen LogP contribution in [-0.2, 0) is 20.1 Å². The van der Waals surface area contributed by atoms with Crippen molar-refractivity contribution in [1.82, 2.24) is 14.5 Å². The molecule has 7 rings (SSSR count). The van der Waals surface area contributed by atoms with Gasteiger partial charge in [0, 0.05) is 50.3 Å². The van der Waals surface area contributed by atoms with Crippen LogP contribution in [0.3, 0.4) is 0 Å². The SMILES string of the molecule is Cc1cccc(C)c1-n1c(-c2[c-]cccc2)nc2sc3ccccc3c21.[2H]C([2H])([2H])c1c[c-]c(-c2ccc(C([2H])([2H])[2H])cn2)cc1.[Ir]. The number of fused-ring (bicyclic) bond motifs is 3. The van der Waals surface area contributed by atoms with Crippen molar-refractivity contribution in [3.8, 4) is 28.3 Å². The number of benzene rings is 4. The summed E-state index contributed by atoms with van der Waals surface area (Å²) in [4.78, 5) is 10.2. The Labute approximate surface area is 267 Å². The molecule has 3 aromatic heterocycles. The van der Waals surface area contributed by atoms with E-state index >= 15 is 0 Å². The predicted octanol–water partition coefficient (Wildman–Crippen LogP) is 9.49. The van der Waals surface area contributed by atoms with E-state index < -0.39 is 13.7 Å². The van der Waals surface area contributed by atoms with Crippen LogP contribution >= 0.6 is 11.3 Å². The van der Waals surface area contributed by atoms with Crippen LogP contribution in [-0.4, -0.2) is 14.5 Å². The van der Waals surface area contributed by atoms with Crippen LogP contribution in [0.4, 0.5) is 0 Å². The standard InChI is InChI=1S/C23H17N2S.C13H12N.Ir/c1-15-9-8-10-16(2)20(15)25-21-18-13-6-7-14-19(18)26-23(21)24-22(25)17-11-4-3-5-12-17;1-10-3-6-12(7-4-10)13-8-5-11(2)9-14-13;/h3-11,13-14H,1-2H3;3-6,8-9H,1-2H3;/q2*-1;/i;1D3,2D3;. The Bertz CT molecular complexity index is 2060. The summed E-state index contributed by atoms with van der Waals surface area (Å²) in [6.07, 6.45) is 1.30. The van der Waals surface area contributed by atoms with Gasteiger partial charge in [0.05, 0.1) is 11.3 Å². The smallest absolute Gasteiger partial charge is 0.132 e. The second kappa shape index (κ2) is 12.3. The topological polar surface area (TPSA) is 30.7 Å². The van der Waals surface area contributed by atoms with Gasteiger partial charge in [-0.1, -0.05) is 55.4 Å². The second-order valence-corrected chi connectivity index (χ2v) is 10.5. The fourth-order valence-corrected chi connectivity index (χ4v) is 5.85. The molecule has 0 bridgehead atoms. The molecule has 1 radical (unpaired) electrons. The third-order valence-corrected chi connectivity index (χ3v) is 7.71. The Morgan fingerprint density at radius 2 is 1.56 bits per heavy atom. The number of imidazole rings is 1. The summed E-state index contributed by atoms with van der Waals surface area (Å²) in [5.41, 5.74) is 7.46. The normalized spacial score (nSPS) is 13.5. The summed E-state index contributed by atoms with van der Waals surface area (Å²) in [5.74, 6) is 0.954. The first-order valence-electron chi connectivity index (χ1n) is 15.8. The van der Waals surface area contributed by atoms with Gasteiger partial charge >= 0.3 is 0 Å². The van der Waals surface area contributed by atoms with E-state index in [0.717, 1.165) is 16.2 Å². The molecule has 0 aliphatic carbocycles. The molecule has 0 atom stereocenters. The molecule has 0 aliphatic heterocycles. The van der Waals surface area contributed by atoms with Crippen molar-refractivity contribution >= 4 is 31.8 Å². The number of aromatic nitrogens is 3. The van der Waals surface area contributed by atoms with Crippen LogP contribution in [0.5, 0.6) is 0 Å². The number of hydrogen-bond donors (Lipinski definition) is 0. The average molecular weight is 734 g/mol. The van der Waals surface area contributed by atoms with E-state index in [1.807, 2.05) is 18.2 Å². The third-order valence-electron chi connectivity index (χ3n) is 6.66. The van der Waals surface area contributed by atoms with E-state index in [2.05, 4.69) is 84.1 Å². The summed E-state index contributed by atoms with van der Waals surface area (Å²) >= 11 is 1.75. The average Bonchev–Trinajstić information content (AvgIpc) is 3.58.